The predicted molar refractivity (Wildman–Crippen MR) is 74.2 cm³/mol. The van der Waals surface area contributed by atoms with E-state index in [1.807, 2.05) is 6.07 Å². The van der Waals surface area contributed by atoms with Gasteiger partial charge in [-0.25, -0.2) is 4.39 Å². The van der Waals surface area contributed by atoms with Crippen LogP contribution in [0.3, 0.4) is 0 Å². The molecule has 1 aliphatic rings. The van der Waals surface area contributed by atoms with E-state index in [2.05, 4.69) is 19.2 Å². The van der Waals surface area contributed by atoms with Crippen LogP contribution >= 0.6 is 0 Å². The highest BCUT2D eigenvalue weighted by molar-refractivity contribution is 5.33. The molecule has 1 nitrogen and oxygen atoms in total. The normalized spacial score (nSPS) is 24.8. The van der Waals surface area contributed by atoms with Crippen LogP contribution in [0.4, 0.5) is 4.39 Å². The smallest absolute Gasteiger partial charge is 0.123 e. The zero-order chi connectivity index (χ0) is 13.0. The lowest BCUT2D eigenvalue weighted by atomic mass is 9.79. The Morgan fingerprint density at radius 1 is 1.28 bits per heavy atom. The van der Waals surface area contributed by atoms with E-state index in [9.17, 15) is 4.39 Å². The van der Waals surface area contributed by atoms with Crippen LogP contribution in [-0.2, 0) is 5.54 Å². The number of halogens is 1. The van der Waals surface area contributed by atoms with Crippen LogP contribution in [-0.4, -0.2) is 6.54 Å². The van der Waals surface area contributed by atoms with Crippen molar-refractivity contribution in [2.45, 2.75) is 57.9 Å². The molecule has 0 spiro atoms. The average Bonchev–Trinajstić information content (AvgIpc) is 2.59. The Hall–Kier alpha value is -0.890. The minimum absolute atomic E-state index is 0.00255. The minimum Gasteiger partial charge on any atom is -0.307 e. The van der Waals surface area contributed by atoms with Crippen molar-refractivity contribution in [3.63, 3.8) is 0 Å². The van der Waals surface area contributed by atoms with E-state index in [1.165, 1.54) is 30.4 Å². The molecule has 1 saturated heterocycles. The fraction of sp³-hybridized carbons (Fsp3) is 0.625. The molecule has 0 aromatic heterocycles. The van der Waals surface area contributed by atoms with Crippen molar-refractivity contribution < 1.29 is 4.39 Å². The van der Waals surface area contributed by atoms with Crippen molar-refractivity contribution >= 4 is 0 Å². The second-order valence-electron chi connectivity index (χ2n) is 5.53. The summed E-state index contributed by atoms with van der Waals surface area (Å²) in [7, 11) is 0. The molecule has 1 atom stereocenters. The van der Waals surface area contributed by atoms with Crippen molar-refractivity contribution in [3.05, 3.63) is 35.1 Å². The van der Waals surface area contributed by atoms with Crippen LogP contribution in [0, 0.1) is 12.7 Å². The summed E-state index contributed by atoms with van der Waals surface area (Å²) in [5, 5.41) is 3.71. The quantitative estimate of drug-likeness (QED) is 0.842. The molecule has 1 aromatic rings. The van der Waals surface area contributed by atoms with Gasteiger partial charge in [0.1, 0.15) is 5.82 Å². The Balaban J connectivity index is 2.41. The van der Waals surface area contributed by atoms with E-state index >= 15 is 0 Å². The van der Waals surface area contributed by atoms with E-state index in [1.54, 1.807) is 12.1 Å². The van der Waals surface area contributed by atoms with Crippen LogP contribution in [0.2, 0.25) is 0 Å². The van der Waals surface area contributed by atoms with Crippen molar-refractivity contribution in [1.82, 2.24) is 5.32 Å². The molecule has 2 rings (SSSR count). The van der Waals surface area contributed by atoms with E-state index in [4.69, 9.17) is 0 Å². The number of hydrogen-bond acceptors (Lipinski definition) is 1. The number of benzene rings is 1. The highest BCUT2D eigenvalue weighted by atomic mass is 19.1. The average molecular weight is 249 g/mol. The number of aryl methyl sites for hydroxylation is 1. The molecule has 1 unspecified atom stereocenters. The Kier molecular flexibility index (Phi) is 4.39. The fourth-order valence-electron chi connectivity index (χ4n) is 3.26. The van der Waals surface area contributed by atoms with Gasteiger partial charge in [-0.05, 0) is 56.0 Å². The van der Waals surface area contributed by atoms with Crippen molar-refractivity contribution in [2.24, 2.45) is 0 Å². The molecule has 1 N–H and O–H groups in total. The zero-order valence-electron chi connectivity index (χ0n) is 11.6. The van der Waals surface area contributed by atoms with Gasteiger partial charge < -0.3 is 5.32 Å². The molecular weight excluding hydrogens is 225 g/mol. The minimum atomic E-state index is -0.114. The maximum Gasteiger partial charge on any atom is 0.123 e. The topological polar surface area (TPSA) is 12.0 Å². The maximum atomic E-state index is 13.6. The first-order valence-electron chi connectivity index (χ1n) is 7.19. The summed E-state index contributed by atoms with van der Waals surface area (Å²) in [6, 6.07) is 5.22. The molecule has 2 heteroatoms. The highest BCUT2D eigenvalue weighted by Gasteiger charge is 2.32. The van der Waals surface area contributed by atoms with Gasteiger partial charge in [0, 0.05) is 5.54 Å². The van der Waals surface area contributed by atoms with Crippen molar-refractivity contribution in [3.8, 4) is 0 Å². The molecule has 1 heterocycles. The second kappa shape index (κ2) is 5.83. The monoisotopic (exact) mass is 249 g/mol. The third-order valence-electron chi connectivity index (χ3n) is 4.14. The summed E-state index contributed by atoms with van der Waals surface area (Å²) in [6.07, 6.45) is 7.11. The summed E-state index contributed by atoms with van der Waals surface area (Å²) in [6.45, 7) is 5.36. The van der Waals surface area contributed by atoms with Gasteiger partial charge in [-0.3, -0.25) is 0 Å². The first-order chi connectivity index (χ1) is 8.68. The van der Waals surface area contributed by atoms with Gasteiger partial charge >= 0.3 is 0 Å². The van der Waals surface area contributed by atoms with Gasteiger partial charge in [-0.2, -0.15) is 0 Å². The van der Waals surface area contributed by atoms with Crippen LogP contribution in [0.25, 0.3) is 0 Å². The molecule has 1 fully saturated rings. The van der Waals surface area contributed by atoms with Gasteiger partial charge in [-0.1, -0.05) is 32.3 Å². The van der Waals surface area contributed by atoms with Crippen LogP contribution in [0.1, 0.15) is 56.6 Å². The van der Waals surface area contributed by atoms with Gasteiger partial charge in [-0.15, -0.1) is 0 Å². The number of nitrogens with one attached hydrogen (secondary N) is 1. The van der Waals surface area contributed by atoms with Crippen molar-refractivity contribution in [1.29, 1.82) is 0 Å². The van der Waals surface area contributed by atoms with Crippen LogP contribution in [0.15, 0.2) is 18.2 Å². The van der Waals surface area contributed by atoms with Crippen molar-refractivity contribution in [2.75, 3.05) is 6.54 Å². The molecule has 0 saturated carbocycles. The Morgan fingerprint density at radius 2 is 2.11 bits per heavy atom. The molecular formula is C16H24FN. The second-order valence-corrected chi connectivity index (χ2v) is 5.53. The lowest BCUT2D eigenvalue weighted by molar-refractivity contribution is 0.295. The SMILES string of the molecule is CCCC1(c2cc(F)ccc2C)CCCCCN1. The lowest BCUT2D eigenvalue weighted by Crippen LogP contribution is -2.42. The molecule has 0 aliphatic carbocycles. The number of rotatable bonds is 3. The molecule has 0 bridgehead atoms. The van der Waals surface area contributed by atoms with Gasteiger partial charge in [0.25, 0.3) is 0 Å². The first kappa shape index (κ1) is 13.5. The summed E-state index contributed by atoms with van der Waals surface area (Å²) in [5.41, 5.74) is 2.38. The standard InChI is InChI=1S/C16H24FN/c1-3-9-16(10-5-4-6-11-18-16)15-12-14(17)8-7-13(15)2/h7-8,12,18H,3-6,9-11H2,1-2H3. The molecule has 0 amide bonds. The third-order valence-corrected chi connectivity index (χ3v) is 4.14. The fourth-order valence-corrected chi connectivity index (χ4v) is 3.26. The molecule has 100 valence electrons. The lowest BCUT2D eigenvalue weighted by Gasteiger charge is -2.35. The Morgan fingerprint density at radius 3 is 2.89 bits per heavy atom. The van der Waals surface area contributed by atoms with Gasteiger partial charge in [0.2, 0.25) is 0 Å². The largest absolute Gasteiger partial charge is 0.307 e. The molecule has 1 aromatic carbocycles. The van der Waals surface area contributed by atoms with E-state index in [0.717, 1.165) is 25.8 Å². The first-order valence-corrected chi connectivity index (χ1v) is 7.19. The predicted octanol–water partition coefficient (Wildman–Crippen LogP) is 4.29. The highest BCUT2D eigenvalue weighted by Crippen LogP contribution is 2.36. The third kappa shape index (κ3) is 2.74. The molecule has 18 heavy (non-hydrogen) atoms. The maximum absolute atomic E-state index is 13.6. The van der Waals surface area contributed by atoms with E-state index in [0.29, 0.717) is 0 Å². The number of hydrogen-bond donors (Lipinski definition) is 1. The zero-order valence-corrected chi connectivity index (χ0v) is 11.6. The Bertz CT molecular complexity index is 392. The van der Waals surface area contributed by atoms with Crippen LogP contribution in [0.5, 0.6) is 0 Å². The molecule has 0 radical (unpaired) electrons. The van der Waals surface area contributed by atoms with Crippen LogP contribution < -0.4 is 5.32 Å². The van der Waals surface area contributed by atoms with Gasteiger partial charge in [0.05, 0.1) is 0 Å². The summed E-state index contributed by atoms with van der Waals surface area (Å²) >= 11 is 0. The Labute approximate surface area is 110 Å². The molecule has 1 aliphatic heterocycles. The summed E-state index contributed by atoms with van der Waals surface area (Å²) in [5.74, 6) is -0.114. The van der Waals surface area contributed by atoms with E-state index < -0.39 is 0 Å². The van der Waals surface area contributed by atoms with E-state index in [-0.39, 0.29) is 11.4 Å². The van der Waals surface area contributed by atoms with Gasteiger partial charge in [0.15, 0.2) is 0 Å². The summed E-state index contributed by atoms with van der Waals surface area (Å²) in [4.78, 5) is 0. The summed E-state index contributed by atoms with van der Waals surface area (Å²) < 4.78 is 13.6.